The van der Waals surface area contributed by atoms with E-state index in [9.17, 15) is 4.79 Å². The topological polar surface area (TPSA) is 43.3 Å². The summed E-state index contributed by atoms with van der Waals surface area (Å²) in [6.45, 7) is 5.89. The summed E-state index contributed by atoms with van der Waals surface area (Å²) in [4.78, 5) is 12.1. The first kappa shape index (κ1) is 16.5. The minimum Gasteiger partial charge on any atom is -0.380 e. The summed E-state index contributed by atoms with van der Waals surface area (Å²) < 4.78 is 6.97. The van der Waals surface area contributed by atoms with Crippen LogP contribution in [0.15, 0.2) is 47.4 Å². The summed E-state index contributed by atoms with van der Waals surface area (Å²) in [5.74, 6) is 0. The molecule has 4 heteroatoms. The largest absolute Gasteiger partial charge is 0.380 e. The molecule has 0 saturated carbocycles. The molecule has 1 atom stereocenters. The van der Waals surface area contributed by atoms with Crippen molar-refractivity contribution in [2.45, 2.75) is 26.4 Å². The van der Waals surface area contributed by atoms with Gasteiger partial charge in [0.2, 0.25) is 0 Å². The van der Waals surface area contributed by atoms with Crippen LogP contribution in [0.5, 0.6) is 0 Å². The highest BCUT2D eigenvalue weighted by Crippen LogP contribution is 2.20. The van der Waals surface area contributed by atoms with Crippen LogP contribution in [0.25, 0.3) is 11.1 Å². The smallest absolute Gasteiger partial charge is 0.251 e. The lowest BCUT2D eigenvalue weighted by atomic mass is 10.0. The van der Waals surface area contributed by atoms with Crippen molar-refractivity contribution in [3.05, 3.63) is 58.5 Å². The molecule has 0 aliphatic heterocycles. The molecule has 118 valence electrons. The van der Waals surface area contributed by atoms with Gasteiger partial charge in [-0.15, -0.1) is 0 Å². The van der Waals surface area contributed by atoms with Crippen molar-refractivity contribution in [3.8, 4) is 11.1 Å². The lowest BCUT2D eigenvalue weighted by molar-refractivity contribution is 0.138. The Hall–Kier alpha value is -1.91. The zero-order valence-corrected chi connectivity index (χ0v) is 13.5. The van der Waals surface area contributed by atoms with Crippen molar-refractivity contribution in [1.29, 1.82) is 0 Å². The summed E-state index contributed by atoms with van der Waals surface area (Å²) >= 11 is 0. The predicted octanol–water partition coefficient (Wildman–Crippen LogP) is 2.83. The minimum absolute atomic E-state index is 0.00451. The Morgan fingerprint density at radius 1 is 1.18 bits per heavy atom. The Kier molecular flexibility index (Phi) is 5.92. The number of nitrogens with one attached hydrogen (secondary N) is 1. The number of hydrogen-bond acceptors (Lipinski definition) is 3. The number of pyridine rings is 1. The van der Waals surface area contributed by atoms with Crippen LogP contribution >= 0.6 is 0 Å². The Bertz CT molecular complexity index is 647. The second-order valence-electron chi connectivity index (χ2n) is 5.28. The summed E-state index contributed by atoms with van der Waals surface area (Å²) in [5, 5.41) is 3.22. The molecule has 22 heavy (non-hydrogen) atoms. The first-order chi connectivity index (χ1) is 10.7. The van der Waals surface area contributed by atoms with Gasteiger partial charge in [0.15, 0.2) is 0 Å². The average Bonchev–Trinajstić information content (AvgIpc) is 2.56. The number of ether oxygens (including phenoxy) is 1. The Morgan fingerprint density at radius 2 is 1.91 bits per heavy atom. The lowest BCUT2D eigenvalue weighted by Gasteiger charge is -2.11. The van der Waals surface area contributed by atoms with Gasteiger partial charge < -0.3 is 14.6 Å². The van der Waals surface area contributed by atoms with E-state index in [1.807, 2.05) is 26.2 Å². The van der Waals surface area contributed by atoms with Crippen LogP contribution in [0.2, 0.25) is 0 Å². The molecule has 0 fully saturated rings. The number of nitrogens with zero attached hydrogens (tertiary/aromatic N) is 1. The third-order valence-electron chi connectivity index (χ3n) is 3.85. The van der Waals surface area contributed by atoms with Gasteiger partial charge in [-0.25, -0.2) is 0 Å². The van der Waals surface area contributed by atoms with Gasteiger partial charge in [0.25, 0.3) is 5.56 Å². The van der Waals surface area contributed by atoms with Crippen LogP contribution in [-0.4, -0.2) is 24.8 Å². The fourth-order valence-corrected chi connectivity index (χ4v) is 2.31. The van der Waals surface area contributed by atoms with Gasteiger partial charge in [-0.2, -0.15) is 0 Å². The van der Waals surface area contributed by atoms with Crippen LogP contribution in [0.4, 0.5) is 0 Å². The molecule has 0 bridgehead atoms. The lowest BCUT2D eigenvalue weighted by Crippen LogP contribution is -2.21. The molecule has 2 rings (SSSR count). The van der Waals surface area contributed by atoms with Crippen LogP contribution in [0.3, 0.4) is 0 Å². The fraction of sp³-hybridized carbons (Fsp3) is 0.389. The van der Waals surface area contributed by atoms with Crippen molar-refractivity contribution >= 4 is 0 Å². The van der Waals surface area contributed by atoms with Gasteiger partial charge in [-0.05, 0) is 43.7 Å². The zero-order valence-electron chi connectivity index (χ0n) is 13.5. The quantitative estimate of drug-likeness (QED) is 0.800. The van der Waals surface area contributed by atoms with Gasteiger partial charge in [0.05, 0.1) is 6.61 Å². The number of benzene rings is 1. The molecule has 0 spiro atoms. The summed E-state index contributed by atoms with van der Waals surface area (Å²) in [6, 6.07) is 12.3. The Morgan fingerprint density at radius 3 is 2.50 bits per heavy atom. The first-order valence-corrected chi connectivity index (χ1v) is 7.71. The van der Waals surface area contributed by atoms with Crippen molar-refractivity contribution in [1.82, 2.24) is 9.88 Å². The maximum absolute atomic E-state index is 12.1. The highest BCUT2D eigenvalue weighted by molar-refractivity contribution is 5.63. The van der Waals surface area contributed by atoms with E-state index in [4.69, 9.17) is 4.74 Å². The van der Waals surface area contributed by atoms with E-state index in [0.717, 1.165) is 11.1 Å². The second-order valence-corrected chi connectivity index (χ2v) is 5.28. The van der Waals surface area contributed by atoms with Gasteiger partial charge in [0.1, 0.15) is 0 Å². The van der Waals surface area contributed by atoms with Crippen LogP contribution in [-0.2, 0) is 11.3 Å². The number of rotatable bonds is 7. The number of hydrogen-bond donors (Lipinski definition) is 1. The Balaban J connectivity index is 2.15. The molecule has 1 aromatic carbocycles. The molecule has 0 aliphatic carbocycles. The molecule has 4 nitrogen and oxygen atoms in total. The minimum atomic E-state index is 0.00451. The van der Waals surface area contributed by atoms with Crippen molar-refractivity contribution in [2.24, 2.45) is 0 Å². The van der Waals surface area contributed by atoms with Crippen molar-refractivity contribution in [3.63, 3.8) is 0 Å². The number of aromatic nitrogens is 1. The third-order valence-corrected chi connectivity index (χ3v) is 3.85. The van der Waals surface area contributed by atoms with E-state index in [1.54, 1.807) is 10.6 Å². The molecule has 0 radical (unpaired) electrons. The monoisotopic (exact) mass is 300 g/mol. The van der Waals surface area contributed by atoms with Gasteiger partial charge >= 0.3 is 0 Å². The van der Waals surface area contributed by atoms with E-state index in [2.05, 4.69) is 36.5 Å². The first-order valence-electron chi connectivity index (χ1n) is 7.71. The summed E-state index contributed by atoms with van der Waals surface area (Å²) in [6.07, 6.45) is 1.83. The van der Waals surface area contributed by atoms with Crippen molar-refractivity contribution < 1.29 is 4.74 Å². The van der Waals surface area contributed by atoms with Gasteiger partial charge in [0, 0.05) is 31.5 Å². The van der Waals surface area contributed by atoms with Crippen LogP contribution in [0.1, 0.15) is 25.5 Å². The highest BCUT2D eigenvalue weighted by Gasteiger charge is 2.04. The van der Waals surface area contributed by atoms with Crippen molar-refractivity contribution in [2.75, 3.05) is 20.3 Å². The molecule has 0 saturated heterocycles. The van der Waals surface area contributed by atoms with Crippen LogP contribution < -0.4 is 10.9 Å². The molecular weight excluding hydrogens is 276 g/mol. The highest BCUT2D eigenvalue weighted by atomic mass is 16.5. The molecule has 1 aromatic heterocycles. The summed E-state index contributed by atoms with van der Waals surface area (Å²) in [5.41, 5.74) is 3.24. The SMILES string of the molecule is CCOCCn1ccc(-c2ccc(C(C)NC)cc2)cc1=O. The molecule has 1 unspecified atom stereocenters. The average molecular weight is 300 g/mol. The van der Waals surface area contributed by atoms with E-state index < -0.39 is 0 Å². The van der Waals surface area contributed by atoms with Crippen LogP contribution in [0, 0.1) is 0 Å². The molecule has 0 aliphatic rings. The molecule has 1 N–H and O–H groups in total. The van der Waals surface area contributed by atoms with E-state index >= 15 is 0 Å². The second kappa shape index (κ2) is 7.92. The molecule has 1 heterocycles. The fourth-order valence-electron chi connectivity index (χ4n) is 2.31. The van der Waals surface area contributed by atoms with E-state index in [1.165, 1.54) is 5.56 Å². The van der Waals surface area contributed by atoms with Gasteiger partial charge in [-0.3, -0.25) is 4.79 Å². The van der Waals surface area contributed by atoms with Gasteiger partial charge in [-0.1, -0.05) is 24.3 Å². The normalized spacial score (nSPS) is 12.3. The summed E-state index contributed by atoms with van der Waals surface area (Å²) in [7, 11) is 1.94. The third kappa shape index (κ3) is 4.06. The molecule has 2 aromatic rings. The Labute approximate surface area is 131 Å². The van der Waals surface area contributed by atoms with E-state index in [-0.39, 0.29) is 5.56 Å². The maximum Gasteiger partial charge on any atom is 0.251 e. The standard InChI is InChI=1S/C18H24N2O2/c1-4-22-12-11-20-10-9-17(13-18(20)21)16-7-5-15(6-8-16)14(2)19-3/h5-10,13-14,19H,4,11-12H2,1-3H3. The zero-order chi connectivity index (χ0) is 15.9. The maximum atomic E-state index is 12.1. The predicted molar refractivity (Wildman–Crippen MR) is 90.1 cm³/mol. The molecule has 0 amide bonds. The van der Waals surface area contributed by atoms with E-state index in [0.29, 0.717) is 25.8 Å². The molecular formula is C18H24N2O2.